The first-order valence-electron chi connectivity index (χ1n) is 10.2. The molecule has 0 radical (unpaired) electrons. The minimum absolute atomic E-state index is 0.113. The summed E-state index contributed by atoms with van der Waals surface area (Å²) in [5, 5.41) is 1.96. The molecular formula is C25H23NO5S2. The fraction of sp³-hybridized carbons (Fsp3) is 0.120. The Morgan fingerprint density at radius 3 is 1.67 bits per heavy atom. The lowest BCUT2D eigenvalue weighted by Gasteiger charge is -2.26. The quantitative estimate of drug-likeness (QED) is 0.367. The summed E-state index contributed by atoms with van der Waals surface area (Å²) in [6, 6.07) is 28.4. The van der Waals surface area contributed by atoms with Crippen LogP contribution in [0.3, 0.4) is 0 Å². The molecule has 4 aromatic rings. The molecule has 4 rings (SSSR count). The van der Waals surface area contributed by atoms with Gasteiger partial charge in [0.25, 0.3) is 20.0 Å². The van der Waals surface area contributed by atoms with Gasteiger partial charge in [0.05, 0.1) is 22.4 Å². The molecular weight excluding hydrogens is 458 g/mol. The normalized spacial score (nSPS) is 13.3. The van der Waals surface area contributed by atoms with E-state index in [-0.39, 0.29) is 9.79 Å². The highest BCUT2D eigenvalue weighted by Crippen LogP contribution is 2.30. The van der Waals surface area contributed by atoms with Crippen LogP contribution in [0.2, 0.25) is 0 Å². The highest BCUT2D eigenvalue weighted by Gasteiger charge is 2.38. The van der Waals surface area contributed by atoms with Crippen molar-refractivity contribution in [2.24, 2.45) is 0 Å². The first kappa shape index (κ1) is 23.1. The number of rotatable bonds is 8. The van der Waals surface area contributed by atoms with Crippen molar-refractivity contribution in [3.63, 3.8) is 0 Å². The van der Waals surface area contributed by atoms with E-state index in [9.17, 15) is 16.8 Å². The summed E-state index contributed by atoms with van der Waals surface area (Å²) in [5.74, 6) is 0. The molecule has 0 aliphatic heterocycles. The minimum Gasteiger partial charge on any atom is -0.375 e. The molecule has 0 bridgehead atoms. The summed E-state index contributed by atoms with van der Waals surface area (Å²) in [7, 11) is -7.36. The van der Waals surface area contributed by atoms with Gasteiger partial charge >= 0.3 is 0 Å². The van der Waals surface area contributed by atoms with E-state index in [4.69, 9.17) is 4.74 Å². The second-order valence-electron chi connectivity index (χ2n) is 7.42. The lowest BCUT2D eigenvalue weighted by Crippen LogP contribution is -2.40. The molecule has 0 aliphatic carbocycles. The van der Waals surface area contributed by atoms with E-state index in [1.165, 1.54) is 31.4 Å². The Labute approximate surface area is 194 Å². The number of sulfonamides is 2. The molecule has 0 aromatic heterocycles. The van der Waals surface area contributed by atoms with Crippen molar-refractivity contribution < 1.29 is 21.6 Å². The third kappa shape index (κ3) is 4.69. The predicted octanol–water partition coefficient (Wildman–Crippen LogP) is 4.61. The maximum absolute atomic E-state index is 13.5. The van der Waals surface area contributed by atoms with Crippen molar-refractivity contribution >= 4 is 30.8 Å². The third-order valence-corrected chi connectivity index (χ3v) is 9.65. The van der Waals surface area contributed by atoms with Gasteiger partial charge in [-0.15, -0.1) is 0 Å². The van der Waals surface area contributed by atoms with E-state index < -0.39 is 32.7 Å². The van der Waals surface area contributed by atoms with E-state index in [0.717, 1.165) is 10.8 Å². The lowest BCUT2D eigenvalue weighted by molar-refractivity contribution is 0.0963. The van der Waals surface area contributed by atoms with Crippen LogP contribution in [-0.2, 0) is 24.8 Å². The number of fused-ring (bicyclic) bond motifs is 1. The summed E-state index contributed by atoms with van der Waals surface area (Å²) < 4.78 is 60.3. The Hall–Kier alpha value is -3.04. The molecule has 6 nitrogen and oxygen atoms in total. The smallest absolute Gasteiger partial charge is 0.256 e. The molecule has 8 heteroatoms. The Morgan fingerprint density at radius 1 is 0.667 bits per heavy atom. The van der Waals surface area contributed by atoms with E-state index in [2.05, 4.69) is 0 Å². The summed E-state index contributed by atoms with van der Waals surface area (Å²) in [6.07, 6.45) is -0.813. The molecule has 1 atom stereocenters. The molecule has 0 saturated carbocycles. The number of hydrogen-bond donors (Lipinski definition) is 0. The van der Waals surface area contributed by atoms with Crippen LogP contribution in [0.1, 0.15) is 11.7 Å². The molecule has 0 amide bonds. The molecule has 0 spiro atoms. The van der Waals surface area contributed by atoms with Gasteiger partial charge in [-0.05, 0) is 46.7 Å². The number of hydrogen-bond acceptors (Lipinski definition) is 5. The molecule has 0 heterocycles. The van der Waals surface area contributed by atoms with Crippen LogP contribution in [0.5, 0.6) is 0 Å². The van der Waals surface area contributed by atoms with E-state index in [1.54, 1.807) is 36.4 Å². The van der Waals surface area contributed by atoms with E-state index in [1.807, 2.05) is 42.5 Å². The number of methoxy groups -OCH3 is 1. The molecule has 0 fully saturated rings. The average molecular weight is 482 g/mol. The first-order chi connectivity index (χ1) is 15.8. The number of benzene rings is 4. The average Bonchev–Trinajstić information content (AvgIpc) is 2.85. The fourth-order valence-electron chi connectivity index (χ4n) is 3.60. The topological polar surface area (TPSA) is 80.8 Å². The summed E-state index contributed by atoms with van der Waals surface area (Å²) in [4.78, 5) is -0.226. The monoisotopic (exact) mass is 481 g/mol. The standard InChI is InChI=1S/C25H23NO5S2/c1-31-25(22-17-16-20-10-8-9-11-21(20)18-22)19-26(32(27,28)23-12-4-2-5-13-23)33(29,30)24-14-6-3-7-15-24/h2-18,25H,19H2,1H3. The number of nitrogens with zero attached hydrogens (tertiary/aromatic N) is 1. The van der Waals surface area contributed by atoms with Crippen molar-refractivity contribution in [1.29, 1.82) is 0 Å². The van der Waals surface area contributed by atoms with Crippen molar-refractivity contribution in [2.45, 2.75) is 15.9 Å². The van der Waals surface area contributed by atoms with Crippen LogP contribution < -0.4 is 0 Å². The number of ether oxygens (including phenoxy) is 1. The van der Waals surface area contributed by atoms with Crippen LogP contribution >= 0.6 is 0 Å². The van der Waals surface area contributed by atoms with Gasteiger partial charge in [-0.3, -0.25) is 0 Å². The Morgan fingerprint density at radius 2 is 1.15 bits per heavy atom. The van der Waals surface area contributed by atoms with E-state index in [0.29, 0.717) is 9.27 Å². The summed E-state index contributed by atoms with van der Waals surface area (Å²) >= 11 is 0. The molecule has 33 heavy (non-hydrogen) atoms. The molecule has 0 saturated heterocycles. The predicted molar refractivity (Wildman–Crippen MR) is 128 cm³/mol. The fourth-order valence-corrected chi connectivity index (χ4v) is 7.29. The van der Waals surface area contributed by atoms with Crippen LogP contribution in [-0.4, -0.2) is 34.2 Å². The molecule has 0 N–H and O–H groups in total. The maximum atomic E-state index is 13.5. The van der Waals surface area contributed by atoms with Gasteiger partial charge in [0, 0.05) is 7.11 Å². The van der Waals surface area contributed by atoms with Crippen molar-refractivity contribution in [3.8, 4) is 0 Å². The van der Waals surface area contributed by atoms with Gasteiger partial charge in [-0.1, -0.05) is 76.5 Å². The SMILES string of the molecule is COC(CN(S(=O)(=O)c1ccccc1)S(=O)(=O)c1ccccc1)c1ccc2ccccc2c1. The van der Waals surface area contributed by atoms with Gasteiger partial charge in [0.1, 0.15) is 0 Å². The van der Waals surface area contributed by atoms with Crippen molar-refractivity contribution in [1.82, 2.24) is 3.71 Å². The van der Waals surface area contributed by atoms with Crippen molar-refractivity contribution in [2.75, 3.05) is 13.7 Å². The largest absolute Gasteiger partial charge is 0.375 e. The lowest BCUT2D eigenvalue weighted by atomic mass is 10.0. The summed E-state index contributed by atoms with van der Waals surface area (Å²) in [5.41, 5.74) is 0.674. The van der Waals surface area contributed by atoms with Gasteiger partial charge in [-0.25, -0.2) is 16.8 Å². The molecule has 170 valence electrons. The zero-order chi connectivity index (χ0) is 23.5. The molecule has 4 aromatic carbocycles. The molecule has 0 aliphatic rings. The Bertz CT molecular complexity index is 1390. The van der Waals surface area contributed by atoms with Crippen LogP contribution in [0.4, 0.5) is 0 Å². The van der Waals surface area contributed by atoms with Crippen LogP contribution in [0, 0.1) is 0 Å². The molecule has 1 unspecified atom stereocenters. The van der Waals surface area contributed by atoms with Gasteiger partial charge in [0.2, 0.25) is 0 Å². The minimum atomic E-state index is -4.40. The van der Waals surface area contributed by atoms with Gasteiger partial charge in [-0.2, -0.15) is 0 Å². The van der Waals surface area contributed by atoms with Crippen molar-refractivity contribution in [3.05, 3.63) is 109 Å². The second kappa shape index (κ2) is 9.44. The zero-order valence-corrected chi connectivity index (χ0v) is 19.5. The second-order valence-corrected chi connectivity index (χ2v) is 11.4. The summed E-state index contributed by atoms with van der Waals surface area (Å²) in [6.45, 7) is -0.413. The third-order valence-electron chi connectivity index (χ3n) is 5.36. The Kier molecular flexibility index (Phi) is 6.62. The Balaban J connectivity index is 1.81. The van der Waals surface area contributed by atoms with Crippen LogP contribution in [0.15, 0.2) is 113 Å². The van der Waals surface area contributed by atoms with Crippen LogP contribution in [0.25, 0.3) is 10.8 Å². The highest BCUT2D eigenvalue weighted by molar-refractivity contribution is 8.04. The zero-order valence-electron chi connectivity index (χ0n) is 17.9. The highest BCUT2D eigenvalue weighted by atomic mass is 32.3. The maximum Gasteiger partial charge on any atom is 0.256 e. The van der Waals surface area contributed by atoms with E-state index >= 15 is 0 Å². The van der Waals surface area contributed by atoms with Gasteiger partial charge < -0.3 is 4.74 Å². The first-order valence-corrected chi connectivity index (χ1v) is 13.1. The van der Waals surface area contributed by atoms with Gasteiger partial charge in [0.15, 0.2) is 0 Å².